The van der Waals surface area contributed by atoms with E-state index < -0.39 is 0 Å². The van der Waals surface area contributed by atoms with Gasteiger partial charge in [-0.2, -0.15) is 0 Å². The minimum atomic E-state index is -0.362. The summed E-state index contributed by atoms with van der Waals surface area (Å²) in [4.78, 5) is 35.1. The van der Waals surface area contributed by atoms with E-state index in [4.69, 9.17) is 0 Å². The van der Waals surface area contributed by atoms with Gasteiger partial charge < -0.3 is 10.6 Å². The van der Waals surface area contributed by atoms with E-state index >= 15 is 0 Å². The first kappa shape index (κ1) is 15.2. The fourth-order valence-corrected chi connectivity index (χ4v) is 2.32. The summed E-state index contributed by atoms with van der Waals surface area (Å²) in [5.41, 5.74) is 1.60. The highest BCUT2D eigenvalue weighted by Crippen LogP contribution is 2.26. The largest absolute Gasteiger partial charge is 0.324 e. The topological polar surface area (TPSA) is 75.3 Å². The number of hydrogen-bond acceptors (Lipinski definition) is 3. The Hall–Kier alpha value is -2.17. The van der Waals surface area contributed by atoms with Crippen LogP contribution in [0.3, 0.4) is 0 Å². The van der Waals surface area contributed by atoms with Gasteiger partial charge in [0.15, 0.2) is 5.78 Å². The predicted octanol–water partition coefficient (Wildman–Crippen LogP) is 3.12. The zero-order valence-electron chi connectivity index (χ0n) is 12.2. The third-order valence-electron chi connectivity index (χ3n) is 3.47. The molecule has 112 valence electrons. The molecule has 0 bridgehead atoms. The Morgan fingerprint density at radius 1 is 1.05 bits per heavy atom. The summed E-state index contributed by atoms with van der Waals surface area (Å²) >= 11 is 0. The average molecular weight is 288 g/mol. The first-order chi connectivity index (χ1) is 10.1. The molecule has 0 aromatic heterocycles. The molecule has 0 radical (unpaired) electrons. The van der Waals surface area contributed by atoms with Gasteiger partial charge in [-0.3, -0.25) is 14.4 Å². The fourth-order valence-electron chi connectivity index (χ4n) is 2.32. The number of Topliss-reactive ketones (excluding diaryl/α,β-unsaturated/α-hetero) is 1. The molecule has 2 N–H and O–H groups in total. The second-order valence-electron chi connectivity index (χ2n) is 5.27. The Kier molecular flexibility index (Phi) is 5.09. The van der Waals surface area contributed by atoms with Crippen LogP contribution in [0.15, 0.2) is 18.2 Å². The summed E-state index contributed by atoms with van der Waals surface area (Å²) in [6, 6.07) is 5.00. The second kappa shape index (κ2) is 7.02. The third kappa shape index (κ3) is 4.15. The number of fused-ring (bicyclic) bond motifs is 1. The second-order valence-corrected chi connectivity index (χ2v) is 5.27. The number of unbranched alkanes of at least 4 members (excludes halogenated alkanes) is 3. The Morgan fingerprint density at radius 3 is 2.48 bits per heavy atom. The maximum atomic E-state index is 12.1. The van der Waals surface area contributed by atoms with Crippen molar-refractivity contribution in [3.8, 4) is 0 Å². The maximum Gasteiger partial charge on any atom is 0.233 e. The van der Waals surface area contributed by atoms with E-state index in [9.17, 15) is 14.4 Å². The lowest BCUT2D eigenvalue weighted by atomic mass is 10.0. The lowest BCUT2D eigenvalue weighted by Crippen LogP contribution is -2.16. The van der Waals surface area contributed by atoms with Crippen molar-refractivity contribution in [2.75, 3.05) is 10.6 Å². The molecule has 1 heterocycles. The molecule has 0 fully saturated rings. The Morgan fingerprint density at radius 2 is 1.76 bits per heavy atom. The maximum absolute atomic E-state index is 12.1. The molecule has 21 heavy (non-hydrogen) atoms. The molecule has 5 heteroatoms. The monoisotopic (exact) mass is 288 g/mol. The lowest BCUT2D eigenvalue weighted by Gasteiger charge is -2.09. The Balaban J connectivity index is 2.07. The summed E-state index contributed by atoms with van der Waals surface area (Å²) in [7, 11) is 0. The van der Waals surface area contributed by atoms with Crippen molar-refractivity contribution in [3.05, 3.63) is 23.8 Å². The minimum Gasteiger partial charge on any atom is -0.324 e. The van der Waals surface area contributed by atoms with Gasteiger partial charge in [0.1, 0.15) is 6.42 Å². The van der Waals surface area contributed by atoms with Crippen molar-refractivity contribution in [2.45, 2.75) is 45.4 Å². The molecule has 2 rings (SSSR count). The number of ketones is 1. The Bertz CT molecular complexity index is 567. The molecule has 5 nitrogen and oxygen atoms in total. The van der Waals surface area contributed by atoms with Crippen LogP contribution in [0.4, 0.5) is 11.4 Å². The zero-order valence-corrected chi connectivity index (χ0v) is 12.2. The van der Waals surface area contributed by atoms with E-state index in [1.807, 2.05) is 0 Å². The Labute approximate surface area is 124 Å². The van der Waals surface area contributed by atoms with Crippen LogP contribution in [0.5, 0.6) is 0 Å². The van der Waals surface area contributed by atoms with E-state index in [1.54, 1.807) is 18.2 Å². The summed E-state index contributed by atoms with van der Waals surface area (Å²) < 4.78 is 0. The number of rotatable bonds is 6. The van der Waals surface area contributed by atoms with Gasteiger partial charge >= 0.3 is 0 Å². The first-order valence-electron chi connectivity index (χ1n) is 7.37. The van der Waals surface area contributed by atoms with Crippen LogP contribution in [0.2, 0.25) is 0 Å². The molecular formula is C16H20N2O3. The van der Waals surface area contributed by atoms with Gasteiger partial charge in [-0.05, 0) is 24.6 Å². The molecule has 0 saturated heterocycles. The van der Waals surface area contributed by atoms with Gasteiger partial charge in [0.05, 0.1) is 11.4 Å². The number of nitrogens with one attached hydrogen (secondary N) is 2. The number of amides is 2. The van der Waals surface area contributed by atoms with Crippen LogP contribution in [-0.4, -0.2) is 17.6 Å². The summed E-state index contributed by atoms with van der Waals surface area (Å²) in [5, 5.41) is 5.30. The van der Waals surface area contributed by atoms with Crippen molar-refractivity contribution in [2.24, 2.45) is 0 Å². The molecule has 1 aromatic rings. The highest BCUT2D eigenvalue weighted by molar-refractivity contribution is 6.14. The van der Waals surface area contributed by atoms with Crippen LogP contribution < -0.4 is 10.6 Å². The van der Waals surface area contributed by atoms with E-state index in [-0.39, 0.29) is 24.0 Å². The molecule has 1 aliphatic heterocycles. The van der Waals surface area contributed by atoms with Crippen molar-refractivity contribution >= 4 is 29.0 Å². The highest BCUT2D eigenvalue weighted by atomic mass is 16.2. The van der Waals surface area contributed by atoms with Gasteiger partial charge in [-0.15, -0.1) is 0 Å². The molecular weight excluding hydrogens is 268 g/mol. The van der Waals surface area contributed by atoms with Crippen LogP contribution in [0, 0.1) is 0 Å². The number of hydrogen-bond donors (Lipinski definition) is 2. The van der Waals surface area contributed by atoms with E-state index in [1.165, 1.54) is 0 Å². The summed E-state index contributed by atoms with van der Waals surface area (Å²) in [6.45, 7) is 2.13. The van der Waals surface area contributed by atoms with Gasteiger partial charge in [-0.25, -0.2) is 0 Å². The predicted molar refractivity (Wildman–Crippen MR) is 81.4 cm³/mol. The molecule has 2 amide bonds. The number of carbonyl (C=O) groups excluding carboxylic acids is 3. The third-order valence-corrected chi connectivity index (χ3v) is 3.47. The van der Waals surface area contributed by atoms with Gasteiger partial charge in [0.25, 0.3) is 0 Å². The zero-order chi connectivity index (χ0) is 15.2. The molecule has 0 saturated carbocycles. The quantitative estimate of drug-likeness (QED) is 0.480. The summed E-state index contributed by atoms with van der Waals surface area (Å²) in [5.74, 6) is -0.637. The van der Waals surface area contributed by atoms with E-state index in [0.29, 0.717) is 23.4 Å². The van der Waals surface area contributed by atoms with Crippen molar-refractivity contribution < 1.29 is 14.4 Å². The molecule has 1 aliphatic rings. The first-order valence-corrected chi connectivity index (χ1v) is 7.37. The van der Waals surface area contributed by atoms with Gasteiger partial charge in [-0.1, -0.05) is 26.2 Å². The van der Waals surface area contributed by atoms with Crippen LogP contribution in [0.1, 0.15) is 55.8 Å². The van der Waals surface area contributed by atoms with Gasteiger partial charge in [0, 0.05) is 12.0 Å². The fraction of sp³-hybridized carbons (Fsp3) is 0.438. The number of anilines is 2. The smallest absolute Gasteiger partial charge is 0.233 e. The van der Waals surface area contributed by atoms with Crippen LogP contribution in [-0.2, 0) is 9.59 Å². The van der Waals surface area contributed by atoms with Crippen molar-refractivity contribution in [1.82, 2.24) is 0 Å². The molecule has 0 aliphatic carbocycles. The average Bonchev–Trinajstić information content (AvgIpc) is 2.58. The molecule has 0 atom stereocenters. The molecule has 1 aromatic carbocycles. The number of carbonyl (C=O) groups is 3. The van der Waals surface area contributed by atoms with E-state index in [0.717, 1.165) is 25.7 Å². The van der Waals surface area contributed by atoms with Crippen LogP contribution in [0.25, 0.3) is 0 Å². The molecule has 0 spiro atoms. The minimum absolute atomic E-state index is 0.0683. The molecule has 0 unspecified atom stereocenters. The van der Waals surface area contributed by atoms with Crippen LogP contribution >= 0.6 is 0 Å². The highest BCUT2D eigenvalue weighted by Gasteiger charge is 2.19. The lowest BCUT2D eigenvalue weighted by molar-refractivity contribution is -0.123. The van der Waals surface area contributed by atoms with Crippen molar-refractivity contribution in [1.29, 1.82) is 0 Å². The van der Waals surface area contributed by atoms with Gasteiger partial charge in [0.2, 0.25) is 11.8 Å². The van der Waals surface area contributed by atoms with E-state index in [2.05, 4.69) is 17.6 Å². The normalized spacial score (nSPS) is 14.0. The summed E-state index contributed by atoms with van der Waals surface area (Å²) in [6.07, 6.45) is 4.53. The standard InChI is InChI=1S/C16H20N2O3/c1-2-3-4-5-6-14(19)11-7-8-12-13(9-11)18-16(21)10-15(20)17-12/h7-9H,2-6,10H2,1H3,(H,17,20)(H,18,21). The van der Waals surface area contributed by atoms with Crippen molar-refractivity contribution in [3.63, 3.8) is 0 Å². The number of benzene rings is 1. The SMILES string of the molecule is CCCCCCC(=O)c1ccc2c(c1)NC(=O)CC(=O)N2.